The lowest BCUT2D eigenvalue weighted by molar-refractivity contribution is -0.126. The van der Waals surface area contributed by atoms with Crippen LogP contribution in [-0.4, -0.2) is 40.0 Å². The van der Waals surface area contributed by atoms with E-state index in [1.807, 2.05) is 37.3 Å². The van der Waals surface area contributed by atoms with Crippen LogP contribution in [0.4, 0.5) is 5.69 Å². The summed E-state index contributed by atoms with van der Waals surface area (Å²) in [6.07, 6.45) is 0.445. The van der Waals surface area contributed by atoms with Crippen molar-refractivity contribution in [2.45, 2.75) is 26.3 Å². The van der Waals surface area contributed by atoms with Crippen molar-refractivity contribution >= 4 is 28.5 Å². The van der Waals surface area contributed by atoms with E-state index in [1.54, 1.807) is 22.9 Å². The second-order valence-corrected chi connectivity index (χ2v) is 6.16. The Hall–Kier alpha value is -3.42. The minimum atomic E-state index is -0.382. The van der Waals surface area contributed by atoms with E-state index in [0.717, 1.165) is 11.0 Å². The van der Waals surface area contributed by atoms with Gasteiger partial charge in [0.05, 0.1) is 17.8 Å². The molecule has 0 aliphatic rings. The van der Waals surface area contributed by atoms with Crippen LogP contribution in [0.2, 0.25) is 0 Å². The van der Waals surface area contributed by atoms with Crippen LogP contribution >= 0.6 is 0 Å². The number of benzene rings is 2. The maximum atomic E-state index is 12.1. The molecule has 0 unspecified atom stereocenters. The Morgan fingerprint density at radius 2 is 1.86 bits per heavy atom. The maximum absolute atomic E-state index is 12.1. The van der Waals surface area contributed by atoms with Crippen molar-refractivity contribution in [3.63, 3.8) is 0 Å². The molecule has 0 saturated carbocycles. The summed E-state index contributed by atoms with van der Waals surface area (Å²) in [5.74, 6) is -0.124. The first-order chi connectivity index (χ1) is 13.7. The van der Waals surface area contributed by atoms with Gasteiger partial charge in [-0.05, 0) is 37.6 Å². The minimum absolute atomic E-state index is 0.243. The normalized spacial score (nSPS) is 10.6. The smallest absolute Gasteiger partial charge is 0.233 e. The summed E-state index contributed by atoms with van der Waals surface area (Å²) in [5.41, 5.74) is 2.36. The van der Waals surface area contributed by atoms with Crippen molar-refractivity contribution in [2.24, 2.45) is 0 Å². The number of rotatable bonds is 9. The number of hydrogen-bond acceptors (Lipinski definition) is 5. The fourth-order valence-corrected chi connectivity index (χ4v) is 2.79. The fourth-order valence-electron chi connectivity index (χ4n) is 2.79. The zero-order valence-electron chi connectivity index (χ0n) is 15.7. The van der Waals surface area contributed by atoms with Crippen LogP contribution in [0.5, 0.6) is 5.75 Å². The summed E-state index contributed by atoms with van der Waals surface area (Å²) < 4.78 is 7.26. The van der Waals surface area contributed by atoms with Gasteiger partial charge in [-0.3, -0.25) is 9.59 Å². The molecule has 8 heteroatoms. The van der Waals surface area contributed by atoms with Crippen LogP contribution in [-0.2, 0) is 16.1 Å². The molecular formula is C20H23N5O3. The van der Waals surface area contributed by atoms with Crippen molar-refractivity contribution < 1.29 is 14.3 Å². The van der Waals surface area contributed by atoms with Gasteiger partial charge in [-0.2, -0.15) is 0 Å². The number of hydrogen-bond donors (Lipinski definition) is 2. The molecule has 2 aromatic carbocycles. The van der Waals surface area contributed by atoms with Gasteiger partial charge in [-0.1, -0.05) is 29.5 Å². The molecule has 3 aromatic rings. The van der Waals surface area contributed by atoms with Crippen LogP contribution in [0.15, 0.2) is 48.5 Å². The lowest BCUT2D eigenvalue weighted by Gasteiger charge is -2.11. The third-order valence-electron chi connectivity index (χ3n) is 4.07. The van der Waals surface area contributed by atoms with E-state index < -0.39 is 0 Å². The van der Waals surface area contributed by atoms with E-state index in [2.05, 4.69) is 20.9 Å². The van der Waals surface area contributed by atoms with Gasteiger partial charge >= 0.3 is 0 Å². The Labute approximate surface area is 162 Å². The Kier molecular flexibility index (Phi) is 6.56. The molecule has 0 aliphatic heterocycles. The molecule has 3 rings (SSSR count). The van der Waals surface area contributed by atoms with Crippen LogP contribution in [0.3, 0.4) is 0 Å². The second-order valence-electron chi connectivity index (χ2n) is 6.16. The van der Waals surface area contributed by atoms with Crippen molar-refractivity contribution in [2.75, 3.05) is 18.5 Å². The molecule has 28 heavy (non-hydrogen) atoms. The molecule has 1 aromatic heterocycles. The number of aromatic nitrogens is 3. The van der Waals surface area contributed by atoms with Crippen LogP contribution in [0.25, 0.3) is 11.0 Å². The third-order valence-corrected chi connectivity index (χ3v) is 4.07. The topological polar surface area (TPSA) is 98.1 Å². The predicted octanol–water partition coefficient (Wildman–Crippen LogP) is 2.37. The van der Waals surface area contributed by atoms with Gasteiger partial charge in [-0.15, -0.1) is 5.10 Å². The standard InChI is InChI=1S/C20H23N5O3/c1-2-28-18-11-6-4-9-16(18)22-20(27)14-19(26)21-12-7-13-25-17-10-5-3-8-15(17)23-24-25/h3-6,8-11H,2,7,12-14H2,1H3,(H,21,26)(H,22,27). The van der Waals surface area contributed by atoms with Gasteiger partial charge in [0.1, 0.15) is 17.7 Å². The van der Waals surface area contributed by atoms with Crippen LogP contribution < -0.4 is 15.4 Å². The molecule has 0 radical (unpaired) electrons. The van der Waals surface area contributed by atoms with Gasteiger partial charge in [0, 0.05) is 13.1 Å². The van der Waals surface area contributed by atoms with E-state index in [4.69, 9.17) is 4.74 Å². The maximum Gasteiger partial charge on any atom is 0.233 e. The highest BCUT2D eigenvalue weighted by molar-refractivity contribution is 6.04. The number of nitrogens with zero attached hydrogens (tertiary/aromatic N) is 3. The first-order valence-corrected chi connectivity index (χ1v) is 9.24. The molecule has 0 bridgehead atoms. The molecule has 2 amide bonds. The molecule has 146 valence electrons. The van der Waals surface area contributed by atoms with Crippen molar-refractivity contribution in [3.8, 4) is 5.75 Å². The highest BCUT2D eigenvalue weighted by Crippen LogP contribution is 2.23. The van der Waals surface area contributed by atoms with E-state index >= 15 is 0 Å². The largest absolute Gasteiger partial charge is 0.492 e. The van der Waals surface area contributed by atoms with Crippen LogP contribution in [0, 0.1) is 0 Å². The lowest BCUT2D eigenvalue weighted by Crippen LogP contribution is -2.29. The number of carbonyl (C=O) groups excluding carboxylic acids is 2. The number of anilines is 1. The lowest BCUT2D eigenvalue weighted by atomic mass is 10.2. The van der Waals surface area contributed by atoms with Crippen molar-refractivity contribution in [1.82, 2.24) is 20.3 Å². The monoisotopic (exact) mass is 381 g/mol. The summed E-state index contributed by atoms with van der Waals surface area (Å²) in [5, 5.41) is 13.7. The molecule has 1 heterocycles. The van der Waals surface area contributed by atoms with E-state index in [9.17, 15) is 9.59 Å². The third kappa shape index (κ3) is 5.06. The average Bonchev–Trinajstić information content (AvgIpc) is 3.10. The molecule has 2 N–H and O–H groups in total. The molecule has 0 atom stereocenters. The van der Waals surface area contributed by atoms with Gasteiger partial charge < -0.3 is 15.4 Å². The Morgan fingerprint density at radius 1 is 1.07 bits per heavy atom. The summed E-state index contributed by atoms with van der Waals surface area (Å²) >= 11 is 0. The number of para-hydroxylation sites is 3. The predicted molar refractivity (Wildman–Crippen MR) is 106 cm³/mol. The van der Waals surface area contributed by atoms with E-state index in [0.29, 0.717) is 37.6 Å². The quantitative estimate of drug-likeness (QED) is 0.438. The average molecular weight is 381 g/mol. The molecule has 0 aliphatic carbocycles. The zero-order chi connectivity index (χ0) is 19.8. The number of fused-ring (bicyclic) bond motifs is 1. The number of aryl methyl sites for hydroxylation is 1. The van der Waals surface area contributed by atoms with Crippen molar-refractivity contribution in [3.05, 3.63) is 48.5 Å². The second kappa shape index (κ2) is 9.50. The Bertz CT molecular complexity index is 954. The number of amides is 2. The SMILES string of the molecule is CCOc1ccccc1NC(=O)CC(=O)NCCCn1nnc2ccccc21. The first-order valence-electron chi connectivity index (χ1n) is 9.24. The zero-order valence-corrected chi connectivity index (χ0v) is 15.7. The van der Waals surface area contributed by atoms with Crippen LogP contribution in [0.1, 0.15) is 19.8 Å². The summed E-state index contributed by atoms with van der Waals surface area (Å²) in [7, 11) is 0. The highest BCUT2D eigenvalue weighted by atomic mass is 16.5. The molecule has 8 nitrogen and oxygen atoms in total. The van der Waals surface area contributed by atoms with Gasteiger partial charge in [0.15, 0.2) is 0 Å². The summed E-state index contributed by atoms with van der Waals surface area (Å²) in [6.45, 7) is 3.45. The number of nitrogens with one attached hydrogen (secondary N) is 2. The van der Waals surface area contributed by atoms with E-state index in [-0.39, 0.29) is 18.2 Å². The first kappa shape index (κ1) is 19.3. The highest BCUT2D eigenvalue weighted by Gasteiger charge is 2.12. The minimum Gasteiger partial charge on any atom is -0.492 e. The fraction of sp³-hybridized carbons (Fsp3) is 0.300. The molecule has 0 spiro atoms. The van der Waals surface area contributed by atoms with Gasteiger partial charge in [0.25, 0.3) is 0 Å². The molecular weight excluding hydrogens is 358 g/mol. The van der Waals surface area contributed by atoms with E-state index in [1.165, 1.54) is 0 Å². The summed E-state index contributed by atoms with van der Waals surface area (Å²) in [4.78, 5) is 24.1. The Balaban J connectivity index is 1.41. The van der Waals surface area contributed by atoms with Gasteiger partial charge in [0.2, 0.25) is 11.8 Å². The summed E-state index contributed by atoms with van der Waals surface area (Å²) in [6, 6.07) is 14.8. The van der Waals surface area contributed by atoms with Gasteiger partial charge in [-0.25, -0.2) is 4.68 Å². The number of carbonyl (C=O) groups is 2. The number of ether oxygens (including phenoxy) is 1. The Morgan fingerprint density at radius 3 is 2.71 bits per heavy atom. The molecule has 0 saturated heterocycles. The molecule has 0 fully saturated rings. The van der Waals surface area contributed by atoms with Crippen molar-refractivity contribution in [1.29, 1.82) is 0 Å².